The van der Waals surface area contributed by atoms with E-state index in [0.29, 0.717) is 0 Å². The third-order valence-electron chi connectivity index (χ3n) is 1.88. The first-order valence-corrected chi connectivity index (χ1v) is 3.87. The molecular weight excluding hydrogens is 145 g/mol. The van der Waals surface area contributed by atoms with Crippen LogP contribution in [-0.4, -0.2) is 7.85 Å². The lowest BCUT2D eigenvalue weighted by Gasteiger charge is -1.99. The Kier molecular flexibility index (Phi) is 2.71. The van der Waals surface area contributed by atoms with Crippen molar-refractivity contribution in [1.82, 2.24) is 0 Å². The van der Waals surface area contributed by atoms with Crippen LogP contribution < -0.4 is 5.46 Å². The summed E-state index contributed by atoms with van der Waals surface area (Å²) in [4.78, 5) is 0. The number of aryl methyl sites for hydroxylation is 1. The number of nitrogens with zero attached hydrogens (tertiary/aromatic N) is 1. The van der Waals surface area contributed by atoms with Gasteiger partial charge in [0.05, 0.1) is 6.07 Å². The Hall–Kier alpha value is -1.49. The van der Waals surface area contributed by atoms with E-state index in [0.717, 1.165) is 5.56 Å². The highest BCUT2D eigenvalue weighted by atomic mass is 14.2. The average molecular weight is 155 g/mol. The van der Waals surface area contributed by atoms with Gasteiger partial charge in [-0.1, -0.05) is 29.2 Å². The summed E-state index contributed by atoms with van der Waals surface area (Å²) in [5, 5.41) is 8.31. The summed E-state index contributed by atoms with van der Waals surface area (Å²) < 4.78 is 0. The molecule has 12 heavy (non-hydrogen) atoms. The lowest BCUT2D eigenvalue weighted by atomic mass is 9.89. The molecule has 0 aliphatic heterocycles. The summed E-state index contributed by atoms with van der Waals surface area (Å²) in [6, 6.07) is 8.11. The third-order valence-corrected chi connectivity index (χ3v) is 1.88. The minimum atomic E-state index is 1.08. The lowest BCUT2D eigenvalue weighted by molar-refractivity contribution is 1.50. The molecule has 0 N–H and O–H groups in total. The van der Waals surface area contributed by atoms with Gasteiger partial charge in [-0.3, -0.25) is 0 Å². The van der Waals surface area contributed by atoms with Crippen molar-refractivity contribution in [3.8, 4) is 6.07 Å². The molecule has 0 saturated carbocycles. The Labute approximate surface area is 73.7 Å². The number of hydrogen-bond acceptors (Lipinski definition) is 1. The molecule has 1 rings (SSSR count). The molecule has 0 aromatic heterocycles. The fourth-order valence-electron chi connectivity index (χ4n) is 1.00. The molecule has 58 valence electrons. The molecule has 2 heteroatoms. The number of hydrogen-bond donors (Lipinski definition) is 0. The molecule has 0 saturated heterocycles. The first kappa shape index (κ1) is 8.61. The van der Waals surface area contributed by atoms with Gasteiger partial charge in [-0.05, 0) is 18.6 Å². The van der Waals surface area contributed by atoms with Gasteiger partial charge in [0.2, 0.25) is 0 Å². The van der Waals surface area contributed by atoms with Crippen molar-refractivity contribution in [2.75, 3.05) is 0 Å². The van der Waals surface area contributed by atoms with Gasteiger partial charge in [0, 0.05) is 6.08 Å². The maximum absolute atomic E-state index is 8.31. The molecule has 1 aromatic rings. The number of nitriles is 1. The Morgan fingerprint density at radius 1 is 1.50 bits per heavy atom. The smallest absolute Gasteiger partial charge is 0.139 e. The van der Waals surface area contributed by atoms with Crippen molar-refractivity contribution in [1.29, 1.82) is 5.26 Å². The molecule has 0 heterocycles. The standard InChI is InChI=1S/C10H10BN/c1-8-4-5-9(3-2-6-12)7-10(8)11/h2-5,7H,11H2,1H3/b3-2+. The first-order chi connectivity index (χ1) is 5.74. The predicted molar refractivity (Wildman–Crippen MR) is 54.0 cm³/mol. The van der Waals surface area contributed by atoms with Gasteiger partial charge in [0.1, 0.15) is 7.85 Å². The van der Waals surface area contributed by atoms with Crippen LogP contribution in [0.1, 0.15) is 11.1 Å². The van der Waals surface area contributed by atoms with Crippen molar-refractivity contribution in [2.45, 2.75) is 6.92 Å². The van der Waals surface area contributed by atoms with Crippen molar-refractivity contribution in [3.05, 3.63) is 35.4 Å². The first-order valence-electron chi connectivity index (χ1n) is 3.87. The molecular formula is C10H10BN. The fraction of sp³-hybridized carbons (Fsp3) is 0.100. The molecule has 0 amide bonds. The highest BCUT2D eigenvalue weighted by Crippen LogP contribution is 2.01. The summed E-state index contributed by atoms with van der Waals surface area (Å²) in [5.41, 5.74) is 3.62. The summed E-state index contributed by atoms with van der Waals surface area (Å²) >= 11 is 0. The second-order valence-electron chi connectivity index (χ2n) is 2.81. The van der Waals surface area contributed by atoms with Gasteiger partial charge in [-0.25, -0.2) is 0 Å². The largest absolute Gasteiger partial charge is 0.193 e. The number of rotatable bonds is 1. The van der Waals surface area contributed by atoms with Crippen LogP contribution in [0.15, 0.2) is 24.3 Å². The van der Waals surface area contributed by atoms with E-state index in [-0.39, 0.29) is 0 Å². The van der Waals surface area contributed by atoms with Crippen molar-refractivity contribution >= 4 is 19.4 Å². The van der Waals surface area contributed by atoms with Gasteiger partial charge in [-0.2, -0.15) is 5.26 Å². The van der Waals surface area contributed by atoms with E-state index < -0.39 is 0 Å². The van der Waals surface area contributed by atoms with Crippen molar-refractivity contribution in [3.63, 3.8) is 0 Å². The van der Waals surface area contributed by atoms with Crippen LogP contribution in [-0.2, 0) is 0 Å². The molecule has 0 unspecified atom stereocenters. The Bertz CT molecular complexity index is 347. The van der Waals surface area contributed by atoms with Gasteiger partial charge in [-0.15, -0.1) is 0 Å². The highest BCUT2D eigenvalue weighted by Gasteiger charge is 1.91. The van der Waals surface area contributed by atoms with Gasteiger partial charge in [0.25, 0.3) is 0 Å². The van der Waals surface area contributed by atoms with E-state index in [1.807, 2.05) is 18.2 Å². The van der Waals surface area contributed by atoms with Gasteiger partial charge >= 0.3 is 0 Å². The maximum atomic E-state index is 8.31. The van der Waals surface area contributed by atoms with Crippen LogP contribution >= 0.6 is 0 Å². The maximum Gasteiger partial charge on any atom is 0.139 e. The second-order valence-corrected chi connectivity index (χ2v) is 2.81. The van der Waals surface area contributed by atoms with E-state index in [2.05, 4.69) is 26.9 Å². The normalized spacial score (nSPS) is 10.0. The molecule has 1 aromatic carbocycles. The minimum absolute atomic E-state index is 1.08. The highest BCUT2D eigenvalue weighted by molar-refractivity contribution is 6.33. The molecule has 0 atom stereocenters. The Balaban J connectivity index is 2.99. The zero-order chi connectivity index (χ0) is 8.97. The molecule has 1 nitrogen and oxygen atoms in total. The van der Waals surface area contributed by atoms with E-state index in [9.17, 15) is 0 Å². The quantitative estimate of drug-likeness (QED) is 0.434. The third kappa shape index (κ3) is 2.00. The topological polar surface area (TPSA) is 23.8 Å². The van der Waals surface area contributed by atoms with E-state index >= 15 is 0 Å². The molecule has 0 bridgehead atoms. The summed E-state index contributed by atoms with van der Waals surface area (Å²) in [6.07, 6.45) is 3.30. The molecule has 0 spiro atoms. The lowest BCUT2D eigenvalue weighted by Crippen LogP contribution is -2.06. The Morgan fingerprint density at radius 2 is 2.25 bits per heavy atom. The Morgan fingerprint density at radius 3 is 2.83 bits per heavy atom. The zero-order valence-electron chi connectivity index (χ0n) is 7.33. The fourth-order valence-corrected chi connectivity index (χ4v) is 1.00. The van der Waals surface area contributed by atoms with Crippen molar-refractivity contribution < 1.29 is 0 Å². The summed E-state index contributed by atoms with van der Waals surface area (Å²) in [7, 11) is 2.07. The number of benzene rings is 1. The monoisotopic (exact) mass is 155 g/mol. The van der Waals surface area contributed by atoms with Crippen LogP contribution in [0, 0.1) is 18.3 Å². The molecule has 0 fully saturated rings. The van der Waals surface area contributed by atoms with Crippen molar-refractivity contribution in [2.24, 2.45) is 0 Å². The van der Waals surface area contributed by atoms with Crippen LogP contribution in [0.2, 0.25) is 0 Å². The van der Waals surface area contributed by atoms with Gasteiger partial charge in [0.15, 0.2) is 0 Å². The summed E-state index contributed by atoms with van der Waals surface area (Å²) in [6.45, 7) is 2.08. The predicted octanol–water partition coefficient (Wildman–Crippen LogP) is 0.790. The van der Waals surface area contributed by atoms with Gasteiger partial charge < -0.3 is 0 Å². The van der Waals surface area contributed by atoms with Crippen LogP contribution in [0.3, 0.4) is 0 Å². The summed E-state index contributed by atoms with van der Waals surface area (Å²) in [5.74, 6) is 0. The SMILES string of the molecule is Bc1cc(/C=C/C#N)ccc1C. The average Bonchev–Trinajstić information content (AvgIpc) is 2.07. The zero-order valence-corrected chi connectivity index (χ0v) is 7.33. The van der Waals surface area contributed by atoms with Crippen LogP contribution in [0.4, 0.5) is 0 Å². The minimum Gasteiger partial charge on any atom is -0.193 e. The second kappa shape index (κ2) is 3.78. The van der Waals surface area contributed by atoms with Crippen LogP contribution in [0.25, 0.3) is 6.08 Å². The molecule has 0 aliphatic carbocycles. The van der Waals surface area contributed by atoms with E-state index in [4.69, 9.17) is 5.26 Å². The van der Waals surface area contributed by atoms with Crippen LogP contribution in [0.5, 0.6) is 0 Å². The van der Waals surface area contributed by atoms with E-state index in [1.165, 1.54) is 17.1 Å². The number of allylic oxidation sites excluding steroid dienone is 1. The molecule has 0 aliphatic rings. The molecule has 0 radical (unpaired) electrons. The van der Waals surface area contributed by atoms with E-state index in [1.54, 1.807) is 0 Å².